The van der Waals surface area contributed by atoms with Crippen molar-refractivity contribution < 1.29 is 29.1 Å². The van der Waals surface area contributed by atoms with Crippen molar-refractivity contribution in [3.05, 3.63) is 34.4 Å². The molecular formula is C17H23NO7. The summed E-state index contributed by atoms with van der Waals surface area (Å²) in [6, 6.07) is 5.03. The van der Waals surface area contributed by atoms with Crippen LogP contribution in [0, 0.1) is 10.1 Å². The van der Waals surface area contributed by atoms with Gasteiger partial charge in [-0.1, -0.05) is 26.2 Å². The van der Waals surface area contributed by atoms with Crippen LogP contribution in [0.2, 0.25) is 0 Å². The topological polar surface area (TPSA) is 116 Å². The molecule has 0 aliphatic heterocycles. The average molecular weight is 353 g/mol. The molecule has 0 heterocycles. The lowest BCUT2D eigenvalue weighted by Gasteiger charge is -2.16. The summed E-state index contributed by atoms with van der Waals surface area (Å²) in [5.74, 6) is -0.829. The maximum absolute atomic E-state index is 11.8. The Hall–Kier alpha value is -2.64. The van der Waals surface area contributed by atoms with Gasteiger partial charge in [0.1, 0.15) is 11.9 Å². The first-order valence-corrected chi connectivity index (χ1v) is 8.27. The molecule has 0 fully saturated rings. The third kappa shape index (κ3) is 8.69. The van der Waals surface area contributed by atoms with Crippen molar-refractivity contribution in [3.8, 4) is 5.75 Å². The summed E-state index contributed by atoms with van der Waals surface area (Å²) in [7, 11) is 0. The molecule has 0 aliphatic carbocycles. The lowest BCUT2D eigenvalue weighted by molar-refractivity contribution is -0.384. The Morgan fingerprint density at radius 3 is 2.40 bits per heavy atom. The van der Waals surface area contributed by atoms with E-state index in [2.05, 4.69) is 6.92 Å². The molecule has 0 aliphatic rings. The fourth-order valence-electron chi connectivity index (χ4n) is 2.24. The monoisotopic (exact) mass is 353 g/mol. The molecule has 25 heavy (non-hydrogen) atoms. The number of ether oxygens (including phenoxy) is 2. The highest BCUT2D eigenvalue weighted by molar-refractivity contribution is 5.67. The van der Waals surface area contributed by atoms with Gasteiger partial charge in [-0.05, 0) is 31.4 Å². The molecule has 0 aromatic heterocycles. The Labute approximate surface area is 145 Å². The zero-order valence-electron chi connectivity index (χ0n) is 14.2. The molecule has 0 bridgehead atoms. The minimum Gasteiger partial charge on any atom is -0.481 e. The Kier molecular flexibility index (Phi) is 8.99. The predicted molar refractivity (Wildman–Crippen MR) is 89.6 cm³/mol. The van der Waals surface area contributed by atoms with Gasteiger partial charge in [-0.3, -0.25) is 14.9 Å². The van der Waals surface area contributed by atoms with E-state index in [0.717, 1.165) is 25.7 Å². The number of carbonyl (C=O) groups excluding carboxylic acids is 1. The van der Waals surface area contributed by atoms with Crippen molar-refractivity contribution in [3.63, 3.8) is 0 Å². The number of hydrogen-bond donors (Lipinski definition) is 1. The Morgan fingerprint density at radius 2 is 1.84 bits per heavy atom. The second kappa shape index (κ2) is 11.0. The number of rotatable bonds is 11. The fraction of sp³-hybridized carbons (Fsp3) is 0.529. The molecule has 0 saturated carbocycles. The molecule has 0 radical (unpaired) electrons. The molecule has 1 atom stereocenters. The molecule has 8 heteroatoms. The first kappa shape index (κ1) is 20.4. The van der Waals surface area contributed by atoms with Gasteiger partial charge in [0.15, 0.2) is 0 Å². The van der Waals surface area contributed by atoms with Crippen molar-refractivity contribution in [2.24, 2.45) is 0 Å². The van der Waals surface area contributed by atoms with E-state index in [-0.39, 0.29) is 24.3 Å². The van der Waals surface area contributed by atoms with Crippen molar-refractivity contribution in [1.29, 1.82) is 0 Å². The normalized spacial score (nSPS) is 11.6. The first-order valence-electron chi connectivity index (χ1n) is 8.27. The van der Waals surface area contributed by atoms with Crippen LogP contribution in [-0.2, 0) is 9.53 Å². The van der Waals surface area contributed by atoms with Crippen LogP contribution >= 0.6 is 0 Å². The molecule has 0 spiro atoms. The summed E-state index contributed by atoms with van der Waals surface area (Å²) in [4.78, 5) is 32.6. The number of carboxylic acid groups (broad SMARTS) is 1. The van der Waals surface area contributed by atoms with Gasteiger partial charge < -0.3 is 14.6 Å². The van der Waals surface area contributed by atoms with Gasteiger partial charge in [-0.15, -0.1) is 0 Å². The first-order chi connectivity index (χ1) is 11.9. The molecule has 0 unspecified atom stereocenters. The molecule has 0 saturated heterocycles. The van der Waals surface area contributed by atoms with Crippen molar-refractivity contribution in [2.45, 2.75) is 58.0 Å². The highest BCUT2D eigenvalue weighted by Gasteiger charge is 2.18. The van der Waals surface area contributed by atoms with Crippen LogP contribution in [0.1, 0.15) is 51.9 Å². The second-order valence-electron chi connectivity index (χ2n) is 5.62. The smallest absolute Gasteiger partial charge is 0.481 e. The van der Waals surface area contributed by atoms with E-state index in [1.165, 1.54) is 24.3 Å². The van der Waals surface area contributed by atoms with Crippen molar-refractivity contribution in [2.75, 3.05) is 0 Å². The number of nitrogens with zero attached hydrogens (tertiary/aromatic N) is 1. The zero-order chi connectivity index (χ0) is 18.7. The van der Waals surface area contributed by atoms with Gasteiger partial charge >= 0.3 is 12.1 Å². The van der Waals surface area contributed by atoms with E-state index in [1.54, 1.807) is 0 Å². The van der Waals surface area contributed by atoms with Crippen LogP contribution in [0.4, 0.5) is 10.5 Å². The fourth-order valence-corrected chi connectivity index (χ4v) is 2.24. The van der Waals surface area contributed by atoms with Gasteiger partial charge in [0.2, 0.25) is 0 Å². The van der Waals surface area contributed by atoms with Crippen LogP contribution in [0.5, 0.6) is 5.75 Å². The SMILES string of the molecule is CCCCCC[C@H](CCC(=O)O)OC(=O)Oc1ccc([N+](=O)[O-])cc1. The van der Waals surface area contributed by atoms with E-state index in [4.69, 9.17) is 14.6 Å². The van der Waals surface area contributed by atoms with Gasteiger partial charge in [-0.2, -0.15) is 0 Å². The standard InChI is InChI=1S/C17H23NO7/c1-2-3-4-5-6-14(11-12-16(19)20)24-17(21)25-15-9-7-13(8-10-15)18(22)23/h7-10,14H,2-6,11-12H2,1H3,(H,19,20)/t14-/m1/s1. The molecule has 1 rings (SSSR count). The number of hydrogen-bond acceptors (Lipinski definition) is 6. The maximum Gasteiger partial charge on any atom is 0.514 e. The van der Waals surface area contributed by atoms with Crippen molar-refractivity contribution in [1.82, 2.24) is 0 Å². The molecule has 1 aromatic carbocycles. The Bertz CT molecular complexity index is 571. The largest absolute Gasteiger partial charge is 0.514 e. The Morgan fingerprint density at radius 1 is 1.16 bits per heavy atom. The van der Waals surface area contributed by atoms with E-state index in [1.807, 2.05) is 0 Å². The number of aliphatic carboxylic acids is 1. The quantitative estimate of drug-likeness (QED) is 0.207. The van der Waals surface area contributed by atoms with Crippen molar-refractivity contribution >= 4 is 17.8 Å². The predicted octanol–water partition coefficient (Wildman–Crippen LogP) is 4.31. The molecule has 1 N–H and O–H groups in total. The van der Waals surface area contributed by atoms with Crippen LogP contribution in [0.3, 0.4) is 0 Å². The molecular weight excluding hydrogens is 330 g/mol. The highest BCUT2D eigenvalue weighted by Crippen LogP contribution is 2.19. The van der Waals surface area contributed by atoms with E-state index in [0.29, 0.717) is 6.42 Å². The van der Waals surface area contributed by atoms with Crippen LogP contribution in [-0.4, -0.2) is 28.3 Å². The number of non-ortho nitro benzene ring substituents is 1. The Balaban J connectivity index is 2.53. The third-order valence-electron chi connectivity index (χ3n) is 3.57. The number of nitro benzene ring substituents is 1. The molecule has 0 amide bonds. The van der Waals surface area contributed by atoms with Gasteiger partial charge in [-0.25, -0.2) is 4.79 Å². The minimum absolute atomic E-state index is 0.0940. The lowest BCUT2D eigenvalue weighted by Crippen LogP contribution is -2.22. The molecule has 1 aromatic rings. The lowest BCUT2D eigenvalue weighted by atomic mass is 10.1. The van der Waals surface area contributed by atoms with Gasteiger partial charge in [0.05, 0.1) is 4.92 Å². The second-order valence-corrected chi connectivity index (χ2v) is 5.62. The van der Waals surface area contributed by atoms with Gasteiger partial charge in [0, 0.05) is 18.6 Å². The van der Waals surface area contributed by atoms with E-state index >= 15 is 0 Å². The van der Waals surface area contributed by atoms with Gasteiger partial charge in [0.25, 0.3) is 5.69 Å². The number of benzene rings is 1. The minimum atomic E-state index is -0.953. The third-order valence-corrected chi connectivity index (χ3v) is 3.57. The van der Waals surface area contributed by atoms with E-state index in [9.17, 15) is 19.7 Å². The summed E-state index contributed by atoms with van der Waals surface area (Å²) in [6.07, 6.45) is 3.19. The number of nitro groups is 1. The number of carboxylic acids is 1. The summed E-state index contributed by atoms with van der Waals surface area (Å²) in [5.41, 5.74) is -0.115. The summed E-state index contributed by atoms with van der Waals surface area (Å²) < 4.78 is 10.2. The molecule has 8 nitrogen and oxygen atoms in total. The zero-order valence-corrected chi connectivity index (χ0v) is 14.2. The highest BCUT2D eigenvalue weighted by atomic mass is 16.7. The van der Waals surface area contributed by atoms with Crippen LogP contribution in [0.15, 0.2) is 24.3 Å². The summed E-state index contributed by atoms with van der Waals surface area (Å²) in [6.45, 7) is 2.08. The number of carbonyl (C=O) groups is 2. The van der Waals surface area contributed by atoms with E-state index < -0.39 is 23.2 Å². The van der Waals surface area contributed by atoms with Crippen LogP contribution < -0.4 is 4.74 Å². The summed E-state index contributed by atoms with van der Waals surface area (Å²) in [5, 5.41) is 19.4. The maximum atomic E-state index is 11.8. The van der Waals surface area contributed by atoms with Crippen LogP contribution in [0.25, 0.3) is 0 Å². The molecule has 138 valence electrons. The summed E-state index contributed by atoms with van der Waals surface area (Å²) >= 11 is 0. The average Bonchev–Trinajstić information content (AvgIpc) is 2.56. The number of unbranched alkanes of at least 4 members (excludes halogenated alkanes) is 3.